The first-order valence-corrected chi connectivity index (χ1v) is 22.5. The first-order chi connectivity index (χ1) is 32.2. The van der Waals surface area contributed by atoms with Gasteiger partial charge in [0, 0.05) is 40.2 Å². The van der Waals surface area contributed by atoms with Crippen molar-refractivity contribution in [3.8, 4) is 44.5 Å². The quantitative estimate of drug-likeness (QED) is 0.151. The van der Waals surface area contributed by atoms with Crippen LogP contribution in [-0.2, 0) is 6.42 Å². The van der Waals surface area contributed by atoms with E-state index in [1.54, 1.807) is 0 Å². The normalized spacial score (nSPS) is 11.9. The van der Waals surface area contributed by atoms with Crippen LogP contribution in [0.1, 0.15) is 11.1 Å². The highest BCUT2D eigenvalue weighted by molar-refractivity contribution is 6.02. The fourth-order valence-electron chi connectivity index (χ4n) is 9.83. The Morgan fingerprint density at radius 3 is 1.25 bits per heavy atom. The van der Waals surface area contributed by atoms with E-state index in [9.17, 15) is 0 Å². The lowest BCUT2D eigenvalue weighted by Gasteiger charge is -2.35. The molecule has 11 aromatic carbocycles. The maximum Gasteiger partial charge on any atom is 0.0540 e. The largest absolute Gasteiger partial charge is 0.311 e. The van der Waals surface area contributed by atoms with Crippen molar-refractivity contribution >= 4 is 55.7 Å². The van der Waals surface area contributed by atoms with Crippen LogP contribution in [0.5, 0.6) is 0 Å². The van der Waals surface area contributed by atoms with Crippen LogP contribution in [0.4, 0.5) is 34.1 Å². The van der Waals surface area contributed by atoms with Gasteiger partial charge in [-0.15, -0.1) is 0 Å². The predicted molar refractivity (Wildman–Crippen MR) is 275 cm³/mol. The molecule has 0 atom stereocenters. The number of benzene rings is 11. The van der Waals surface area contributed by atoms with E-state index in [0.29, 0.717) is 0 Å². The molecular formula is C63H44N2. The highest BCUT2D eigenvalue weighted by Gasteiger charge is 2.26. The van der Waals surface area contributed by atoms with E-state index in [0.717, 1.165) is 23.5 Å². The molecule has 0 aliphatic carbocycles. The van der Waals surface area contributed by atoms with Gasteiger partial charge in [0.05, 0.1) is 5.69 Å². The van der Waals surface area contributed by atoms with E-state index in [2.05, 4.69) is 265 Å². The van der Waals surface area contributed by atoms with Gasteiger partial charge in [0.15, 0.2) is 0 Å². The molecule has 12 rings (SSSR count). The van der Waals surface area contributed by atoms with Crippen molar-refractivity contribution < 1.29 is 0 Å². The number of hydrogen-bond acceptors (Lipinski definition) is 2. The summed E-state index contributed by atoms with van der Waals surface area (Å²) in [6.45, 7) is 0. The average Bonchev–Trinajstić information content (AvgIpc) is 3.38. The fourth-order valence-corrected chi connectivity index (χ4v) is 9.83. The lowest BCUT2D eigenvalue weighted by atomic mass is 9.89. The molecule has 0 N–H and O–H groups in total. The van der Waals surface area contributed by atoms with E-state index in [-0.39, 0.29) is 0 Å². The lowest BCUT2D eigenvalue weighted by molar-refractivity contribution is 1.09. The van der Waals surface area contributed by atoms with E-state index in [4.69, 9.17) is 0 Å². The second-order valence-corrected chi connectivity index (χ2v) is 16.9. The molecular weight excluding hydrogens is 785 g/mol. The van der Waals surface area contributed by atoms with Crippen LogP contribution in [-0.4, -0.2) is 0 Å². The Kier molecular flexibility index (Phi) is 9.61. The molecule has 11 aromatic rings. The van der Waals surface area contributed by atoms with Crippen molar-refractivity contribution in [3.05, 3.63) is 266 Å². The van der Waals surface area contributed by atoms with Gasteiger partial charge in [-0.1, -0.05) is 188 Å². The van der Waals surface area contributed by atoms with E-state index >= 15 is 0 Å². The number of fused-ring (bicyclic) bond motifs is 4. The van der Waals surface area contributed by atoms with Crippen LogP contribution in [0.15, 0.2) is 255 Å². The Labute approximate surface area is 380 Å². The lowest BCUT2D eigenvalue weighted by Crippen LogP contribution is -2.19. The van der Waals surface area contributed by atoms with Gasteiger partial charge in [-0.05, 0) is 139 Å². The highest BCUT2D eigenvalue weighted by atomic mass is 15.2. The van der Waals surface area contributed by atoms with Crippen LogP contribution < -0.4 is 9.80 Å². The molecule has 0 saturated carbocycles. The van der Waals surface area contributed by atoms with Crippen molar-refractivity contribution in [3.63, 3.8) is 0 Å². The molecule has 1 heterocycles. The Balaban J connectivity index is 0.930. The zero-order valence-electron chi connectivity index (χ0n) is 35.9. The molecule has 0 amide bonds. The van der Waals surface area contributed by atoms with E-state index in [1.807, 2.05) is 0 Å². The maximum atomic E-state index is 2.49. The first-order valence-electron chi connectivity index (χ1n) is 22.5. The summed E-state index contributed by atoms with van der Waals surface area (Å²) in [6, 6.07) is 92.9. The smallest absolute Gasteiger partial charge is 0.0540 e. The summed E-state index contributed by atoms with van der Waals surface area (Å²) in [5, 5.41) is 5.00. The summed E-state index contributed by atoms with van der Waals surface area (Å²) < 4.78 is 0. The van der Waals surface area contributed by atoms with Crippen LogP contribution in [0.25, 0.3) is 66.1 Å². The summed E-state index contributed by atoms with van der Waals surface area (Å²) in [4.78, 5) is 4.84. The molecule has 0 bridgehead atoms. The van der Waals surface area contributed by atoms with Crippen molar-refractivity contribution in [1.29, 1.82) is 0 Å². The molecule has 0 saturated heterocycles. The van der Waals surface area contributed by atoms with Gasteiger partial charge in [-0.2, -0.15) is 0 Å². The number of anilines is 6. The van der Waals surface area contributed by atoms with Crippen LogP contribution in [0, 0.1) is 0 Å². The molecule has 306 valence electrons. The summed E-state index contributed by atoms with van der Waals surface area (Å²) >= 11 is 0. The summed E-state index contributed by atoms with van der Waals surface area (Å²) in [5.41, 5.74) is 19.3. The Morgan fingerprint density at radius 2 is 0.677 bits per heavy atom. The van der Waals surface area contributed by atoms with Crippen molar-refractivity contribution in [2.75, 3.05) is 9.80 Å². The maximum absolute atomic E-state index is 2.49. The van der Waals surface area contributed by atoms with Crippen LogP contribution in [0.2, 0.25) is 0 Å². The number of rotatable bonds is 8. The van der Waals surface area contributed by atoms with Gasteiger partial charge in [-0.25, -0.2) is 0 Å². The minimum Gasteiger partial charge on any atom is -0.311 e. The Morgan fingerprint density at radius 1 is 0.277 bits per heavy atom. The van der Waals surface area contributed by atoms with E-state index in [1.165, 1.54) is 94.2 Å². The zero-order chi connectivity index (χ0) is 43.1. The predicted octanol–water partition coefficient (Wildman–Crippen LogP) is 17.5. The van der Waals surface area contributed by atoms with Gasteiger partial charge < -0.3 is 9.80 Å². The second-order valence-electron chi connectivity index (χ2n) is 16.9. The van der Waals surface area contributed by atoms with Gasteiger partial charge in [0.1, 0.15) is 0 Å². The summed E-state index contributed by atoms with van der Waals surface area (Å²) in [5.74, 6) is 0. The third-order valence-corrected chi connectivity index (χ3v) is 13.1. The summed E-state index contributed by atoms with van der Waals surface area (Å²) in [6.07, 6.45) is 0.836. The minimum atomic E-state index is 0.836. The number of hydrogen-bond donors (Lipinski definition) is 0. The molecule has 0 fully saturated rings. The number of nitrogens with zero attached hydrogens (tertiary/aromatic N) is 2. The monoisotopic (exact) mass is 828 g/mol. The Hall–Kier alpha value is -8.46. The molecule has 2 heteroatoms. The van der Waals surface area contributed by atoms with Gasteiger partial charge in [-0.3, -0.25) is 0 Å². The SMILES string of the molecule is c1ccc(-c2ccc(N(c3ccc(-c4ccccc4)cc3)c3ccc(-c4ccc5c(c4)Cc4cc(-c6cccc7ccccc67)ccc4N5c4cccc5ccccc45)cc3)cc2)cc1. The second kappa shape index (κ2) is 16.3. The molecule has 0 radical (unpaired) electrons. The molecule has 0 spiro atoms. The molecule has 0 aromatic heterocycles. The molecule has 1 aliphatic rings. The average molecular weight is 829 g/mol. The summed E-state index contributed by atoms with van der Waals surface area (Å²) in [7, 11) is 0. The fraction of sp³-hybridized carbons (Fsp3) is 0.0159. The van der Waals surface area contributed by atoms with Gasteiger partial charge in [0.25, 0.3) is 0 Å². The van der Waals surface area contributed by atoms with Crippen molar-refractivity contribution in [2.24, 2.45) is 0 Å². The third kappa shape index (κ3) is 7.12. The molecule has 2 nitrogen and oxygen atoms in total. The van der Waals surface area contributed by atoms with E-state index < -0.39 is 0 Å². The van der Waals surface area contributed by atoms with Crippen LogP contribution >= 0.6 is 0 Å². The Bertz CT molecular complexity index is 3390. The van der Waals surface area contributed by atoms with Crippen molar-refractivity contribution in [2.45, 2.75) is 6.42 Å². The molecule has 1 aliphatic heterocycles. The van der Waals surface area contributed by atoms with Gasteiger partial charge >= 0.3 is 0 Å². The highest BCUT2D eigenvalue weighted by Crippen LogP contribution is 2.48. The van der Waals surface area contributed by atoms with Crippen LogP contribution in [0.3, 0.4) is 0 Å². The topological polar surface area (TPSA) is 6.48 Å². The standard InChI is InChI=1S/C63H44N2/c1-3-13-44(14-4-1)46-25-33-55(34-26-46)64(56-35-27-47(28-36-56)45-15-5-2-6-16-45)57-37-29-48(30-38-57)51-31-39-61-53(41-51)43-54-42-52(59-23-11-19-49-17-7-9-21-58(49)59)32-40-62(54)65(61)63-24-12-20-50-18-8-10-22-60(50)63/h1-42H,43H2. The molecule has 0 unspecified atom stereocenters. The van der Waals surface area contributed by atoms with Gasteiger partial charge in [0.2, 0.25) is 0 Å². The first kappa shape index (κ1) is 38.2. The minimum absolute atomic E-state index is 0.836. The zero-order valence-corrected chi connectivity index (χ0v) is 35.9. The third-order valence-electron chi connectivity index (χ3n) is 13.1. The van der Waals surface area contributed by atoms with Crippen molar-refractivity contribution in [1.82, 2.24) is 0 Å². The molecule has 65 heavy (non-hydrogen) atoms.